The molecule has 0 spiro atoms. The molecule has 2 rings (SSSR count). The molecule has 0 amide bonds. The van der Waals surface area contributed by atoms with Crippen LogP contribution in [0, 0.1) is 35.0 Å². The van der Waals surface area contributed by atoms with E-state index in [4.69, 9.17) is 4.74 Å². The maximum atomic E-state index is 13.6. The Morgan fingerprint density at radius 1 is 0.952 bits per heavy atom. The minimum atomic E-state index is -2.21. The number of carbonyl (C=O) groups is 1. The predicted molar refractivity (Wildman–Crippen MR) is 62.9 cm³/mol. The number of hydrogen-bond acceptors (Lipinski definition) is 2. The summed E-state index contributed by atoms with van der Waals surface area (Å²) in [4.78, 5) is 11.7. The molecule has 2 nitrogen and oxygen atoms in total. The van der Waals surface area contributed by atoms with Crippen molar-refractivity contribution < 1.29 is 31.5 Å². The molecule has 21 heavy (non-hydrogen) atoms. The van der Waals surface area contributed by atoms with E-state index < -0.39 is 58.1 Å². The van der Waals surface area contributed by atoms with Crippen LogP contribution in [-0.2, 0) is 9.53 Å². The fourth-order valence-corrected chi connectivity index (χ4v) is 2.10. The first-order valence-electron chi connectivity index (χ1n) is 6.28. The number of hydrogen-bond donors (Lipinski definition) is 0. The van der Waals surface area contributed by atoms with E-state index in [1.165, 1.54) is 0 Å². The van der Waals surface area contributed by atoms with Gasteiger partial charge in [-0.2, -0.15) is 0 Å². The molecule has 116 valence electrons. The molecule has 0 aromatic heterocycles. The Kier molecular flexibility index (Phi) is 3.71. The number of ether oxygens (including phenoxy) is 1. The van der Waals surface area contributed by atoms with Gasteiger partial charge >= 0.3 is 5.97 Å². The highest BCUT2D eigenvalue weighted by molar-refractivity contribution is 5.77. The van der Waals surface area contributed by atoms with Crippen molar-refractivity contribution in [1.82, 2.24) is 0 Å². The first-order chi connectivity index (χ1) is 9.54. The topological polar surface area (TPSA) is 26.3 Å². The minimum Gasteiger partial charge on any atom is -0.460 e. The number of carbonyl (C=O) groups excluding carboxylic acids is 1. The predicted octanol–water partition coefficient (Wildman–Crippen LogP) is 3.83. The maximum absolute atomic E-state index is 13.6. The van der Waals surface area contributed by atoms with Crippen molar-refractivity contribution in [3.63, 3.8) is 0 Å². The van der Waals surface area contributed by atoms with Gasteiger partial charge in [-0.3, -0.25) is 4.79 Å². The summed E-state index contributed by atoms with van der Waals surface area (Å²) in [6.07, 6.45) is -0.00668. The molecule has 1 aliphatic carbocycles. The highest BCUT2D eigenvalue weighted by Gasteiger charge is 2.50. The average Bonchev–Trinajstić information content (AvgIpc) is 3.12. The van der Waals surface area contributed by atoms with E-state index in [1.807, 2.05) is 0 Å². The van der Waals surface area contributed by atoms with Crippen molar-refractivity contribution in [2.24, 2.45) is 5.92 Å². The van der Waals surface area contributed by atoms with Crippen LogP contribution in [0.1, 0.15) is 38.7 Å². The van der Waals surface area contributed by atoms with Crippen LogP contribution in [0.15, 0.2) is 0 Å². The van der Waals surface area contributed by atoms with Gasteiger partial charge in [0, 0.05) is 11.5 Å². The molecule has 0 radical (unpaired) electrons. The van der Waals surface area contributed by atoms with Crippen LogP contribution >= 0.6 is 0 Å². The van der Waals surface area contributed by atoms with Gasteiger partial charge in [0.05, 0.1) is 5.92 Å². The van der Waals surface area contributed by atoms with E-state index in [1.54, 1.807) is 20.8 Å². The van der Waals surface area contributed by atoms with Crippen LogP contribution in [0.4, 0.5) is 22.0 Å². The fourth-order valence-electron chi connectivity index (χ4n) is 2.10. The molecule has 2 atom stereocenters. The lowest BCUT2D eigenvalue weighted by Gasteiger charge is -2.19. The summed E-state index contributed by atoms with van der Waals surface area (Å²) in [5, 5.41) is 0. The van der Waals surface area contributed by atoms with E-state index in [2.05, 4.69) is 0 Å². The third-order valence-electron chi connectivity index (χ3n) is 3.11. The number of rotatable bonds is 2. The molecular formula is C14H13F5O2. The third-order valence-corrected chi connectivity index (χ3v) is 3.11. The summed E-state index contributed by atoms with van der Waals surface area (Å²) in [7, 11) is 0. The summed E-state index contributed by atoms with van der Waals surface area (Å²) >= 11 is 0. The molecule has 1 fully saturated rings. The van der Waals surface area contributed by atoms with Crippen molar-refractivity contribution >= 4 is 5.97 Å². The van der Waals surface area contributed by atoms with Crippen LogP contribution in [0.2, 0.25) is 0 Å². The standard InChI is InChI=1S/C14H13F5O2/c1-14(2,3)21-13(20)6-4-5(6)7-8(15)10(17)12(19)11(18)9(7)16/h5-6H,4H2,1-3H3. The normalized spacial score (nSPS) is 21.3. The molecule has 2 unspecified atom stereocenters. The van der Waals surface area contributed by atoms with E-state index >= 15 is 0 Å². The van der Waals surface area contributed by atoms with Crippen LogP contribution in [-0.4, -0.2) is 11.6 Å². The van der Waals surface area contributed by atoms with Crippen molar-refractivity contribution in [2.75, 3.05) is 0 Å². The smallest absolute Gasteiger partial charge is 0.310 e. The summed E-state index contributed by atoms with van der Waals surface area (Å²) in [5.74, 6) is -12.6. The van der Waals surface area contributed by atoms with Crippen LogP contribution < -0.4 is 0 Å². The van der Waals surface area contributed by atoms with Crippen LogP contribution in [0.25, 0.3) is 0 Å². The van der Waals surface area contributed by atoms with Gasteiger partial charge in [0.2, 0.25) is 5.82 Å². The molecule has 0 N–H and O–H groups in total. The zero-order chi connectivity index (χ0) is 16.1. The highest BCUT2D eigenvalue weighted by atomic mass is 19.2. The van der Waals surface area contributed by atoms with Crippen LogP contribution in [0.3, 0.4) is 0 Å². The Hall–Kier alpha value is -1.66. The lowest BCUT2D eigenvalue weighted by molar-refractivity contribution is -0.156. The van der Waals surface area contributed by atoms with E-state index in [-0.39, 0.29) is 6.42 Å². The molecule has 1 saturated carbocycles. The summed E-state index contributed by atoms with van der Waals surface area (Å²) < 4.78 is 71.4. The quantitative estimate of drug-likeness (QED) is 0.359. The lowest BCUT2D eigenvalue weighted by Crippen LogP contribution is -2.25. The highest BCUT2D eigenvalue weighted by Crippen LogP contribution is 2.51. The molecule has 1 aromatic rings. The van der Waals surface area contributed by atoms with Gasteiger partial charge in [-0.1, -0.05) is 0 Å². The van der Waals surface area contributed by atoms with Crippen molar-refractivity contribution in [1.29, 1.82) is 0 Å². The van der Waals surface area contributed by atoms with Gasteiger partial charge in [-0.05, 0) is 27.2 Å². The molecule has 1 aromatic carbocycles. The first kappa shape index (κ1) is 15.7. The fraction of sp³-hybridized carbons (Fsp3) is 0.500. The number of esters is 1. The van der Waals surface area contributed by atoms with Gasteiger partial charge in [0.25, 0.3) is 0 Å². The van der Waals surface area contributed by atoms with E-state index in [0.717, 1.165) is 0 Å². The zero-order valence-electron chi connectivity index (χ0n) is 11.6. The zero-order valence-corrected chi connectivity index (χ0v) is 11.6. The van der Waals surface area contributed by atoms with E-state index in [0.29, 0.717) is 0 Å². The molecule has 1 aliphatic rings. The first-order valence-corrected chi connectivity index (χ1v) is 6.28. The largest absolute Gasteiger partial charge is 0.460 e. The van der Waals surface area contributed by atoms with Gasteiger partial charge in [-0.25, -0.2) is 22.0 Å². The van der Waals surface area contributed by atoms with Gasteiger partial charge in [0.15, 0.2) is 23.3 Å². The minimum absolute atomic E-state index is 0.00668. The Morgan fingerprint density at radius 2 is 1.38 bits per heavy atom. The summed E-state index contributed by atoms with van der Waals surface area (Å²) in [5.41, 5.74) is -1.73. The third kappa shape index (κ3) is 2.87. The Balaban J connectivity index is 2.29. The summed E-state index contributed by atoms with van der Waals surface area (Å²) in [6.45, 7) is 4.84. The second-order valence-electron chi connectivity index (χ2n) is 5.97. The number of benzene rings is 1. The molecule has 0 heterocycles. The molecule has 0 aliphatic heterocycles. The van der Waals surface area contributed by atoms with Crippen LogP contribution in [0.5, 0.6) is 0 Å². The molecular weight excluding hydrogens is 295 g/mol. The lowest BCUT2D eigenvalue weighted by atomic mass is 10.1. The second-order valence-corrected chi connectivity index (χ2v) is 5.97. The molecule has 0 bridgehead atoms. The monoisotopic (exact) mass is 308 g/mol. The van der Waals surface area contributed by atoms with E-state index in [9.17, 15) is 26.7 Å². The number of halogens is 5. The molecule has 0 saturated heterocycles. The van der Waals surface area contributed by atoms with Crippen molar-refractivity contribution in [3.05, 3.63) is 34.6 Å². The van der Waals surface area contributed by atoms with Gasteiger partial charge in [-0.15, -0.1) is 0 Å². The van der Waals surface area contributed by atoms with Gasteiger partial charge in [0.1, 0.15) is 5.60 Å². The SMILES string of the molecule is CC(C)(C)OC(=O)C1CC1c1c(F)c(F)c(F)c(F)c1F. The summed E-state index contributed by atoms with van der Waals surface area (Å²) in [6, 6.07) is 0. The Bertz CT molecular complexity index is 577. The Morgan fingerprint density at radius 3 is 1.81 bits per heavy atom. The Labute approximate surface area is 117 Å². The maximum Gasteiger partial charge on any atom is 0.310 e. The van der Waals surface area contributed by atoms with Crippen molar-refractivity contribution in [3.8, 4) is 0 Å². The van der Waals surface area contributed by atoms with Crippen molar-refractivity contribution in [2.45, 2.75) is 38.7 Å². The van der Waals surface area contributed by atoms with Gasteiger partial charge < -0.3 is 4.74 Å². The average molecular weight is 308 g/mol. The molecule has 7 heteroatoms. The second kappa shape index (κ2) is 4.96.